The van der Waals surface area contributed by atoms with Crippen LogP contribution in [0.1, 0.15) is 35.0 Å². The summed E-state index contributed by atoms with van der Waals surface area (Å²) >= 11 is 0. The molecule has 25 heavy (non-hydrogen) atoms. The Balaban J connectivity index is 1.49. The van der Waals surface area contributed by atoms with Gasteiger partial charge in [-0.25, -0.2) is 4.98 Å². The SMILES string of the molecule is CCOc1ccc(CN2CC[C@@H](NC(=O)c3ccc(C)nc3)C2)cn1. The second-order valence-electron chi connectivity index (χ2n) is 6.32. The monoisotopic (exact) mass is 340 g/mol. The number of aryl methyl sites for hydroxylation is 1. The molecule has 0 radical (unpaired) electrons. The van der Waals surface area contributed by atoms with Crippen LogP contribution in [0.4, 0.5) is 0 Å². The van der Waals surface area contributed by atoms with Gasteiger partial charge in [0.2, 0.25) is 5.88 Å². The topological polar surface area (TPSA) is 67.3 Å². The van der Waals surface area contributed by atoms with Gasteiger partial charge in [-0.1, -0.05) is 6.07 Å². The molecule has 3 rings (SSSR count). The van der Waals surface area contributed by atoms with Gasteiger partial charge >= 0.3 is 0 Å². The van der Waals surface area contributed by atoms with Crippen LogP contribution in [0.5, 0.6) is 5.88 Å². The minimum atomic E-state index is -0.0536. The molecule has 1 aliphatic heterocycles. The lowest BCUT2D eigenvalue weighted by atomic mass is 10.2. The van der Waals surface area contributed by atoms with E-state index in [9.17, 15) is 4.79 Å². The molecule has 2 aromatic heterocycles. The van der Waals surface area contributed by atoms with Crippen LogP contribution < -0.4 is 10.1 Å². The summed E-state index contributed by atoms with van der Waals surface area (Å²) in [6.07, 6.45) is 4.44. The molecule has 0 aliphatic carbocycles. The van der Waals surface area contributed by atoms with Crippen LogP contribution in [-0.2, 0) is 6.54 Å². The molecule has 0 spiro atoms. The summed E-state index contributed by atoms with van der Waals surface area (Å²) in [6, 6.07) is 7.79. The Bertz CT molecular complexity index is 700. The number of carbonyl (C=O) groups is 1. The maximum absolute atomic E-state index is 12.3. The fourth-order valence-electron chi connectivity index (χ4n) is 2.96. The predicted molar refractivity (Wildman–Crippen MR) is 95.5 cm³/mol. The molecular weight excluding hydrogens is 316 g/mol. The molecule has 6 nitrogen and oxygen atoms in total. The van der Waals surface area contributed by atoms with Crippen LogP contribution in [0, 0.1) is 6.92 Å². The molecular formula is C19H24N4O2. The largest absolute Gasteiger partial charge is 0.478 e. The molecule has 0 bridgehead atoms. The number of hydrogen-bond acceptors (Lipinski definition) is 5. The van der Waals surface area contributed by atoms with Gasteiger partial charge in [-0.05, 0) is 38.0 Å². The first kappa shape index (κ1) is 17.4. The maximum Gasteiger partial charge on any atom is 0.253 e. The fraction of sp³-hybridized carbons (Fsp3) is 0.421. The first-order valence-corrected chi connectivity index (χ1v) is 8.67. The lowest BCUT2D eigenvalue weighted by molar-refractivity contribution is 0.0937. The Morgan fingerprint density at radius 2 is 2.16 bits per heavy atom. The van der Waals surface area contributed by atoms with E-state index in [-0.39, 0.29) is 11.9 Å². The van der Waals surface area contributed by atoms with Crippen molar-refractivity contribution < 1.29 is 9.53 Å². The number of aromatic nitrogens is 2. The first-order chi connectivity index (χ1) is 12.1. The van der Waals surface area contributed by atoms with Crippen molar-refractivity contribution in [2.75, 3.05) is 19.7 Å². The number of hydrogen-bond donors (Lipinski definition) is 1. The maximum atomic E-state index is 12.3. The van der Waals surface area contributed by atoms with E-state index in [4.69, 9.17) is 4.74 Å². The molecule has 132 valence electrons. The second-order valence-corrected chi connectivity index (χ2v) is 6.32. The van der Waals surface area contributed by atoms with Crippen molar-refractivity contribution in [2.24, 2.45) is 0 Å². The van der Waals surface area contributed by atoms with Crippen molar-refractivity contribution in [3.8, 4) is 5.88 Å². The smallest absolute Gasteiger partial charge is 0.253 e. The number of nitrogens with zero attached hydrogens (tertiary/aromatic N) is 3. The third-order valence-corrected chi connectivity index (χ3v) is 4.28. The summed E-state index contributed by atoms with van der Waals surface area (Å²) in [5.74, 6) is 0.603. The summed E-state index contributed by atoms with van der Waals surface area (Å²) in [7, 11) is 0. The highest BCUT2D eigenvalue weighted by Gasteiger charge is 2.24. The second kappa shape index (κ2) is 8.07. The highest BCUT2D eigenvalue weighted by atomic mass is 16.5. The number of pyridine rings is 2. The molecule has 1 fully saturated rings. The van der Waals surface area contributed by atoms with Crippen molar-refractivity contribution in [3.05, 3.63) is 53.5 Å². The number of nitrogens with one attached hydrogen (secondary N) is 1. The van der Waals surface area contributed by atoms with Crippen molar-refractivity contribution >= 4 is 5.91 Å². The molecule has 0 aromatic carbocycles. The Kier molecular flexibility index (Phi) is 5.60. The highest BCUT2D eigenvalue weighted by Crippen LogP contribution is 2.15. The number of likely N-dealkylation sites (tertiary alicyclic amines) is 1. The first-order valence-electron chi connectivity index (χ1n) is 8.67. The van der Waals surface area contributed by atoms with Crippen molar-refractivity contribution in [3.63, 3.8) is 0 Å². The third-order valence-electron chi connectivity index (χ3n) is 4.28. The summed E-state index contributed by atoms with van der Waals surface area (Å²) in [5, 5.41) is 3.10. The molecule has 6 heteroatoms. The van der Waals surface area contributed by atoms with E-state index >= 15 is 0 Å². The minimum absolute atomic E-state index is 0.0536. The van der Waals surface area contributed by atoms with Gasteiger partial charge < -0.3 is 10.1 Å². The van der Waals surface area contributed by atoms with Crippen LogP contribution in [0.2, 0.25) is 0 Å². The molecule has 2 aromatic rings. The number of amides is 1. The van der Waals surface area contributed by atoms with E-state index in [0.717, 1.165) is 37.3 Å². The zero-order valence-electron chi connectivity index (χ0n) is 14.7. The highest BCUT2D eigenvalue weighted by molar-refractivity contribution is 5.94. The number of ether oxygens (including phenoxy) is 1. The zero-order valence-corrected chi connectivity index (χ0v) is 14.7. The Morgan fingerprint density at radius 1 is 1.28 bits per heavy atom. The zero-order chi connectivity index (χ0) is 17.6. The van der Waals surface area contributed by atoms with Gasteiger partial charge in [0.25, 0.3) is 5.91 Å². The van der Waals surface area contributed by atoms with E-state index in [1.807, 2.05) is 44.3 Å². The van der Waals surface area contributed by atoms with Crippen molar-refractivity contribution in [1.82, 2.24) is 20.2 Å². The van der Waals surface area contributed by atoms with Crippen LogP contribution in [0.15, 0.2) is 36.7 Å². The lowest BCUT2D eigenvalue weighted by Gasteiger charge is -2.17. The van der Waals surface area contributed by atoms with Crippen LogP contribution in [0.3, 0.4) is 0 Å². The van der Waals surface area contributed by atoms with Gasteiger partial charge in [0, 0.05) is 49.8 Å². The average Bonchev–Trinajstić information content (AvgIpc) is 3.04. The summed E-state index contributed by atoms with van der Waals surface area (Å²) < 4.78 is 5.36. The molecule has 1 aliphatic rings. The fourth-order valence-corrected chi connectivity index (χ4v) is 2.96. The van der Waals surface area contributed by atoms with Crippen molar-refractivity contribution in [1.29, 1.82) is 0 Å². The van der Waals surface area contributed by atoms with E-state index < -0.39 is 0 Å². The molecule has 1 saturated heterocycles. The third kappa shape index (κ3) is 4.76. The molecule has 3 heterocycles. The minimum Gasteiger partial charge on any atom is -0.478 e. The van der Waals surface area contributed by atoms with Crippen LogP contribution >= 0.6 is 0 Å². The summed E-state index contributed by atoms with van der Waals surface area (Å²) in [5.41, 5.74) is 2.67. The summed E-state index contributed by atoms with van der Waals surface area (Å²) in [6.45, 7) is 7.12. The Labute approximate surface area is 148 Å². The lowest BCUT2D eigenvalue weighted by Crippen LogP contribution is -2.37. The Hall–Kier alpha value is -2.47. The number of rotatable bonds is 6. The standard InChI is InChI=1S/C19H24N4O2/c1-3-25-18-7-5-15(10-21-18)12-23-9-8-17(13-23)22-19(24)16-6-4-14(2)20-11-16/h4-7,10-11,17H,3,8-9,12-13H2,1-2H3,(H,22,24)/t17-/m1/s1. The van der Waals surface area contributed by atoms with Crippen molar-refractivity contribution in [2.45, 2.75) is 32.9 Å². The van der Waals surface area contributed by atoms with Gasteiger partial charge in [0.15, 0.2) is 0 Å². The van der Waals surface area contributed by atoms with E-state index in [1.54, 1.807) is 6.20 Å². The quantitative estimate of drug-likeness (QED) is 0.873. The molecule has 1 amide bonds. The molecule has 0 unspecified atom stereocenters. The van der Waals surface area contributed by atoms with Gasteiger partial charge in [-0.2, -0.15) is 0 Å². The summed E-state index contributed by atoms with van der Waals surface area (Å²) in [4.78, 5) is 23.1. The average molecular weight is 340 g/mol. The van der Waals surface area contributed by atoms with Gasteiger partial charge in [0.05, 0.1) is 12.2 Å². The normalized spacial score (nSPS) is 17.4. The number of carbonyl (C=O) groups excluding carboxylic acids is 1. The molecule has 1 atom stereocenters. The van der Waals surface area contributed by atoms with E-state index in [1.165, 1.54) is 0 Å². The van der Waals surface area contributed by atoms with Gasteiger partial charge in [-0.15, -0.1) is 0 Å². The van der Waals surface area contributed by atoms with Gasteiger partial charge in [-0.3, -0.25) is 14.7 Å². The van der Waals surface area contributed by atoms with Crippen LogP contribution in [0.25, 0.3) is 0 Å². The van der Waals surface area contributed by atoms with E-state index in [2.05, 4.69) is 20.2 Å². The van der Waals surface area contributed by atoms with Gasteiger partial charge in [0.1, 0.15) is 0 Å². The molecule has 1 N–H and O–H groups in total. The molecule has 0 saturated carbocycles. The van der Waals surface area contributed by atoms with E-state index in [0.29, 0.717) is 18.1 Å². The Morgan fingerprint density at radius 3 is 2.84 bits per heavy atom. The van der Waals surface area contributed by atoms with Crippen LogP contribution in [-0.4, -0.2) is 46.5 Å². The predicted octanol–water partition coefficient (Wildman–Crippen LogP) is 2.19.